The monoisotopic (exact) mass is 354 g/mol. The van der Waals surface area contributed by atoms with Crippen molar-refractivity contribution in [3.63, 3.8) is 0 Å². The Balaban J connectivity index is 2.21. The number of hydrogen-bond acceptors (Lipinski definition) is 3. The van der Waals surface area contributed by atoms with E-state index in [-0.39, 0.29) is 5.57 Å². The van der Waals surface area contributed by atoms with Crippen LogP contribution in [0, 0.1) is 25.2 Å². The number of nitrogens with one attached hydrogen (secondary N) is 1. The first-order chi connectivity index (χ1) is 11.9. The van der Waals surface area contributed by atoms with Crippen LogP contribution >= 0.6 is 11.6 Å². The number of halogens is 1. The summed E-state index contributed by atoms with van der Waals surface area (Å²) in [5, 5.41) is 12.5. The molecular formula is C20H19ClN2O2. The minimum atomic E-state index is -0.462. The van der Waals surface area contributed by atoms with Crippen LogP contribution in [0.15, 0.2) is 42.0 Å². The molecular weight excluding hydrogens is 336 g/mol. The third-order valence-corrected chi connectivity index (χ3v) is 3.99. The molecule has 0 aliphatic rings. The summed E-state index contributed by atoms with van der Waals surface area (Å²) in [6.07, 6.45) is 1.50. The summed E-state index contributed by atoms with van der Waals surface area (Å²) in [7, 11) is 0. The third-order valence-electron chi connectivity index (χ3n) is 3.70. The Labute approximate surface area is 152 Å². The van der Waals surface area contributed by atoms with Gasteiger partial charge >= 0.3 is 0 Å². The fraction of sp³-hybridized carbons (Fsp3) is 0.200. The van der Waals surface area contributed by atoms with Crippen molar-refractivity contribution in [1.82, 2.24) is 0 Å². The third kappa shape index (κ3) is 4.85. The van der Waals surface area contributed by atoms with Gasteiger partial charge in [0.05, 0.1) is 11.6 Å². The van der Waals surface area contributed by atoms with Crippen LogP contribution in [0.1, 0.15) is 23.6 Å². The Kier molecular flexibility index (Phi) is 6.21. The highest BCUT2D eigenvalue weighted by Gasteiger charge is 2.11. The number of nitriles is 1. The molecule has 0 aliphatic heterocycles. The summed E-state index contributed by atoms with van der Waals surface area (Å²) in [5.41, 5.74) is 3.51. The highest BCUT2D eigenvalue weighted by Crippen LogP contribution is 2.26. The normalized spacial score (nSPS) is 10.9. The van der Waals surface area contributed by atoms with Crippen LogP contribution in [0.2, 0.25) is 5.02 Å². The zero-order valence-electron chi connectivity index (χ0n) is 14.4. The largest absolute Gasteiger partial charge is 0.492 e. The van der Waals surface area contributed by atoms with Crippen molar-refractivity contribution in [3.8, 4) is 11.8 Å². The van der Waals surface area contributed by atoms with Gasteiger partial charge in [-0.05, 0) is 67.8 Å². The molecule has 2 aromatic carbocycles. The second kappa shape index (κ2) is 8.36. The molecule has 0 saturated heterocycles. The summed E-state index contributed by atoms with van der Waals surface area (Å²) in [6, 6.07) is 12.7. The van der Waals surface area contributed by atoms with E-state index in [0.717, 1.165) is 11.1 Å². The molecule has 4 nitrogen and oxygen atoms in total. The van der Waals surface area contributed by atoms with Gasteiger partial charge in [0.1, 0.15) is 17.4 Å². The molecule has 0 fully saturated rings. The maximum atomic E-state index is 12.3. The maximum absolute atomic E-state index is 12.3. The van der Waals surface area contributed by atoms with E-state index in [1.54, 1.807) is 18.2 Å². The number of nitrogens with zero attached hydrogens (tertiary/aromatic N) is 1. The quantitative estimate of drug-likeness (QED) is 0.613. The molecule has 128 valence electrons. The lowest BCUT2D eigenvalue weighted by molar-refractivity contribution is -0.112. The number of aryl methyl sites for hydroxylation is 2. The Hall–Kier alpha value is -2.77. The van der Waals surface area contributed by atoms with E-state index < -0.39 is 5.91 Å². The zero-order chi connectivity index (χ0) is 18.4. The Bertz CT molecular complexity index is 866. The first kappa shape index (κ1) is 18.6. The van der Waals surface area contributed by atoms with Gasteiger partial charge in [-0.1, -0.05) is 23.7 Å². The van der Waals surface area contributed by atoms with Crippen LogP contribution in [0.4, 0.5) is 5.69 Å². The summed E-state index contributed by atoms with van der Waals surface area (Å²) in [6.45, 7) is 6.34. The van der Waals surface area contributed by atoms with Crippen molar-refractivity contribution in [2.45, 2.75) is 20.8 Å². The molecule has 5 heteroatoms. The van der Waals surface area contributed by atoms with E-state index in [0.29, 0.717) is 28.6 Å². The molecule has 2 aromatic rings. The molecule has 1 amide bonds. The Morgan fingerprint density at radius 1 is 1.24 bits per heavy atom. The van der Waals surface area contributed by atoms with Crippen molar-refractivity contribution < 1.29 is 9.53 Å². The van der Waals surface area contributed by atoms with Crippen molar-refractivity contribution in [2.75, 3.05) is 11.9 Å². The van der Waals surface area contributed by atoms with Gasteiger partial charge in [-0.3, -0.25) is 4.79 Å². The molecule has 0 bridgehead atoms. The molecule has 0 unspecified atom stereocenters. The standard InChI is InChI=1S/C20H19ClN2O2/c1-4-25-19-8-6-15(11-18(19)21)10-16(12-22)20(24)23-17-7-5-13(2)14(3)9-17/h5-11H,4H2,1-3H3,(H,23,24)/b16-10-. The van der Waals surface area contributed by atoms with Crippen molar-refractivity contribution in [1.29, 1.82) is 5.26 Å². The molecule has 0 heterocycles. The van der Waals surface area contributed by atoms with E-state index in [1.807, 2.05) is 45.0 Å². The predicted molar refractivity (Wildman–Crippen MR) is 101 cm³/mol. The Morgan fingerprint density at radius 3 is 2.60 bits per heavy atom. The van der Waals surface area contributed by atoms with E-state index >= 15 is 0 Å². The molecule has 2 rings (SSSR count). The van der Waals surface area contributed by atoms with Crippen LogP contribution in [-0.2, 0) is 4.79 Å². The predicted octanol–water partition coefficient (Wildman–Crippen LogP) is 4.90. The second-order valence-corrected chi connectivity index (χ2v) is 5.95. The van der Waals surface area contributed by atoms with Gasteiger partial charge in [-0.15, -0.1) is 0 Å². The lowest BCUT2D eigenvalue weighted by Crippen LogP contribution is -2.13. The summed E-state index contributed by atoms with van der Waals surface area (Å²) >= 11 is 6.14. The molecule has 0 radical (unpaired) electrons. The molecule has 1 N–H and O–H groups in total. The van der Waals surface area contributed by atoms with E-state index in [2.05, 4.69) is 5.32 Å². The smallest absolute Gasteiger partial charge is 0.266 e. The lowest BCUT2D eigenvalue weighted by atomic mass is 10.1. The zero-order valence-corrected chi connectivity index (χ0v) is 15.1. The van der Waals surface area contributed by atoms with Crippen LogP contribution in [0.5, 0.6) is 5.75 Å². The lowest BCUT2D eigenvalue weighted by Gasteiger charge is -2.08. The minimum Gasteiger partial charge on any atom is -0.492 e. The average Bonchev–Trinajstić information content (AvgIpc) is 2.58. The number of rotatable bonds is 5. The summed E-state index contributed by atoms with van der Waals surface area (Å²) < 4.78 is 5.37. The topological polar surface area (TPSA) is 62.1 Å². The number of carbonyl (C=O) groups excluding carboxylic acids is 1. The number of benzene rings is 2. The fourth-order valence-corrected chi connectivity index (χ4v) is 2.46. The number of hydrogen-bond donors (Lipinski definition) is 1. The molecule has 0 spiro atoms. The minimum absolute atomic E-state index is 0.00143. The number of amides is 1. The molecule has 0 saturated carbocycles. The first-order valence-electron chi connectivity index (χ1n) is 7.87. The van der Waals surface area contributed by atoms with Crippen LogP contribution in [-0.4, -0.2) is 12.5 Å². The highest BCUT2D eigenvalue weighted by molar-refractivity contribution is 6.32. The van der Waals surface area contributed by atoms with Crippen molar-refractivity contribution in [3.05, 3.63) is 63.7 Å². The SMILES string of the molecule is CCOc1ccc(/C=C(/C#N)C(=O)Nc2ccc(C)c(C)c2)cc1Cl. The van der Waals surface area contributed by atoms with Gasteiger partial charge in [-0.25, -0.2) is 0 Å². The summed E-state index contributed by atoms with van der Waals surface area (Å²) in [4.78, 5) is 12.3. The molecule has 0 aromatic heterocycles. The fourth-order valence-electron chi connectivity index (χ4n) is 2.21. The molecule has 0 aliphatic carbocycles. The van der Waals surface area contributed by atoms with Crippen LogP contribution in [0.25, 0.3) is 6.08 Å². The van der Waals surface area contributed by atoms with Crippen LogP contribution < -0.4 is 10.1 Å². The van der Waals surface area contributed by atoms with Gasteiger partial charge in [0.25, 0.3) is 5.91 Å². The van der Waals surface area contributed by atoms with Gasteiger partial charge in [0, 0.05) is 5.69 Å². The number of anilines is 1. The van der Waals surface area contributed by atoms with Gasteiger partial charge in [0.2, 0.25) is 0 Å². The maximum Gasteiger partial charge on any atom is 0.266 e. The summed E-state index contributed by atoms with van der Waals surface area (Å²) in [5.74, 6) is 0.107. The Morgan fingerprint density at radius 2 is 2.00 bits per heavy atom. The number of carbonyl (C=O) groups is 1. The van der Waals surface area contributed by atoms with E-state index in [9.17, 15) is 10.1 Å². The average molecular weight is 355 g/mol. The molecule has 25 heavy (non-hydrogen) atoms. The first-order valence-corrected chi connectivity index (χ1v) is 8.25. The van der Waals surface area contributed by atoms with Gasteiger partial charge < -0.3 is 10.1 Å². The van der Waals surface area contributed by atoms with Crippen molar-refractivity contribution in [2.24, 2.45) is 0 Å². The van der Waals surface area contributed by atoms with Crippen LogP contribution in [0.3, 0.4) is 0 Å². The second-order valence-electron chi connectivity index (χ2n) is 5.55. The van der Waals surface area contributed by atoms with Gasteiger partial charge in [0.15, 0.2) is 0 Å². The van der Waals surface area contributed by atoms with E-state index in [1.165, 1.54) is 6.08 Å². The number of ether oxygens (including phenoxy) is 1. The van der Waals surface area contributed by atoms with Crippen molar-refractivity contribution >= 4 is 29.3 Å². The highest BCUT2D eigenvalue weighted by atomic mass is 35.5. The molecule has 0 atom stereocenters. The van der Waals surface area contributed by atoms with Gasteiger partial charge in [-0.2, -0.15) is 5.26 Å². The van der Waals surface area contributed by atoms with E-state index in [4.69, 9.17) is 16.3 Å².